The summed E-state index contributed by atoms with van der Waals surface area (Å²) in [6.07, 6.45) is 4.54. The van der Waals surface area contributed by atoms with E-state index in [1.165, 1.54) is 38.9 Å². The molecule has 0 aromatic rings. The van der Waals surface area contributed by atoms with E-state index in [0.29, 0.717) is 12.1 Å². The lowest BCUT2D eigenvalue weighted by Crippen LogP contribution is -2.48. The first kappa shape index (κ1) is 14.3. The van der Waals surface area contributed by atoms with E-state index in [9.17, 15) is 0 Å². The van der Waals surface area contributed by atoms with Crippen LogP contribution in [0.3, 0.4) is 0 Å². The highest BCUT2D eigenvalue weighted by Gasteiger charge is 2.19. The molecule has 0 aromatic carbocycles. The van der Waals surface area contributed by atoms with Gasteiger partial charge in [-0.1, -0.05) is 6.42 Å². The zero-order valence-electron chi connectivity index (χ0n) is 12.0. The van der Waals surface area contributed by atoms with Crippen LogP contribution in [0.4, 0.5) is 0 Å². The molecule has 0 amide bonds. The van der Waals surface area contributed by atoms with Crippen LogP contribution in [-0.4, -0.2) is 74.9 Å². The Labute approximate surface area is 112 Å². The van der Waals surface area contributed by atoms with Crippen LogP contribution < -0.4 is 5.32 Å². The van der Waals surface area contributed by atoms with Crippen LogP contribution in [0.15, 0.2) is 0 Å². The lowest BCUT2D eigenvalue weighted by molar-refractivity contribution is -0.0195. The molecule has 0 aliphatic carbocycles. The number of hydrogen-bond acceptors (Lipinski definition) is 4. The van der Waals surface area contributed by atoms with Gasteiger partial charge in [0.25, 0.3) is 0 Å². The van der Waals surface area contributed by atoms with Gasteiger partial charge in [0.05, 0.1) is 12.7 Å². The lowest BCUT2D eigenvalue weighted by atomic mass is 10.1. The average molecular weight is 255 g/mol. The lowest BCUT2D eigenvalue weighted by Gasteiger charge is -2.33. The summed E-state index contributed by atoms with van der Waals surface area (Å²) < 4.78 is 5.77. The van der Waals surface area contributed by atoms with E-state index in [-0.39, 0.29) is 0 Å². The van der Waals surface area contributed by atoms with Gasteiger partial charge in [0.2, 0.25) is 0 Å². The summed E-state index contributed by atoms with van der Waals surface area (Å²) in [5, 5.41) is 3.63. The van der Waals surface area contributed by atoms with Crippen molar-refractivity contribution in [2.24, 2.45) is 0 Å². The van der Waals surface area contributed by atoms with Crippen LogP contribution in [0.5, 0.6) is 0 Å². The van der Waals surface area contributed by atoms with E-state index >= 15 is 0 Å². The third-order valence-corrected chi connectivity index (χ3v) is 4.02. The zero-order valence-corrected chi connectivity index (χ0v) is 12.0. The molecule has 0 aromatic heterocycles. The Morgan fingerprint density at radius 3 is 2.72 bits per heavy atom. The predicted molar refractivity (Wildman–Crippen MR) is 75.0 cm³/mol. The van der Waals surface area contributed by atoms with E-state index < -0.39 is 0 Å². The Hall–Kier alpha value is -0.160. The van der Waals surface area contributed by atoms with Gasteiger partial charge in [0.15, 0.2) is 0 Å². The fourth-order valence-corrected chi connectivity index (χ4v) is 2.92. The van der Waals surface area contributed by atoms with Gasteiger partial charge in [-0.2, -0.15) is 0 Å². The maximum absolute atomic E-state index is 5.77. The molecule has 106 valence electrons. The summed E-state index contributed by atoms with van der Waals surface area (Å²) in [6, 6.07) is 0.568. The molecule has 0 bridgehead atoms. The van der Waals surface area contributed by atoms with Crippen LogP contribution in [0.1, 0.15) is 26.2 Å². The minimum Gasteiger partial charge on any atom is -0.374 e. The van der Waals surface area contributed by atoms with Gasteiger partial charge < -0.3 is 19.9 Å². The molecule has 2 fully saturated rings. The summed E-state index contributed by atoms with van der Waals surface area (Å²) in [7, 11) is 2.17. The van der Waals surface area contributed by atoms with E-state index in [2.05, 4.69) is 29.1 Å². The first-order valence-corrected chi connectivity index (χ1v) is 7.50. The number of nitrogens with zero attached hydrogens (tertiary/aromatic N) is 2. The number of hydrogen-bond donors (Lipinski definition) is 1. The SMILES string of the molecule is CC(CN1CCCCC1)NCC1CN(C)CCO1. The fourth-order valence-electron chi connectivity index (χ4n) is 2.92. The molecular weight excluding hydrogens is 226 g/mol. The Morgan fingerprint density at radius 2 is 2.00 bits per heavy atom. The second-order valence-electron chi connectivity index (χ2n) is 5.93. The van der Waals surface area contributed by atoms with Gasteiger partial charge in [0.1, 0.15) is 0 Å². The molecule has 2 heterocycles. The van der Waals surface area contributed by atoms with Crippen LogP contribution in [0, 0.1) is 0 Å². The maximum atomic E-state index is 5.77. The van der Waals surface area contributed by atoms with Gasteiger partial charge in [-0.15, -0.1) is 0 Å². The second kappa shape index (κ2) is 7.43. The monoisotopic (exact) mass is 255 g/mol. The number of likely N-dealkylation sites (N-methyl/N-ethyl adjacent to an activating group) is 1. The van der Waals surface area contributed by atoms with Crippen molar-refractivity contribution in [3.05, 3.63) is 0 Å². The number of piperidine rings is 1. The van der Waals surface area contributed by atoms with Crippen molar-refractivity contribution < 1.29 is 4.74 Å². The molecular formula is C14H29N3O. The number of morpholine rings is 1. The zero-order chi connectivity index (χ0) is 12.8. The van der Waals surface area contributed by atoms with Crippen molar-refractivity contribution in [1.82, 2.24) is 15.1 Å². The molecule has 2 saturated heterocycles. The standard InChI is InChI=1S/C14H29N3O/c1-13(11-17-6-4-3-5-7-17)15-10-14-12-16(2)8-9-18-14/h13-15H,3-12H2,1-2H3. The van der Waals surface area contributed by atoms with Crippen LogP contribution in [-0.2, 0) is 4.74 Å². The molecule has 0 radical (unpaired) electrons. The van der Waals surface area contributed by atoms with E-state index in [1.54, 1.807) is 0 Å². The number of ether oxygens (including phenoxy) is 1. The van der Waals surface area contributed by atoms with Crippen molar-refractivity contribution in [3.63, 3.8) is 0 Å². The largest absolute Gasteiger partial charge is 0.374 e. The third-order valence-electron chi connectivity index (χ3n) is 4.02. The molecule has 4 heteroatoms. The van der Waals surface area contributed by atoms with Gasteiger partial charge >= 0.3 is 0 Å². The molecule has 0 saturated carbocycles. The van der Waals surface area contributed by atoms with Crippen molar-refractivity contribution in [3.8, 4) is 0 Å². The normalized spacial score (nSPS) is 29.3. The average Bonchev–Trinajstić information content (AvgIpc) is 2.38. The predicted octanol–water partition coefficient (Wildman–Crippen LogP) is 0.781. The summed E-state index contributed by atoms with van der Waals surface area (Å²) in [5.41, 5.74) is 0. The first-order chi connectivity index (χ1) is 8.74. The van der Waals surface area contributed by atoms with Crippen molar-refractivity contribution in [1.29, 1.82) is 0 Å². The topological polar surface area (TPSA) is 27.7 Å². The molecule has 0 spiro atoms. The van der Waals surface area contributed by atoms with E-state index in [1.807, 2.05) is 0 Å². The second-order valence-corrected chi connectivity index (χ2v) is 5.93. The van der Waals surface area contributed by atoms with Crippen molar-refractivity contribution in [2.75, 3.05) is 52.9 Å². The summed E-state index contributed by atoms with van der Waals surface area (Å²) in [5.74, 6) is 0. The Morgan fingerprint density at radius 1 is 1.22 bits per heavy atom. The highest BCUT2D eigenvalue weighted by atomic mass is 16.5. The van der Waals surface area contributed by atoms with Crippen molar-refractivity contribution in [2.45, 2.75) is 38.3 Å². The minimum atomic E-state index is 0.368. The van der Waals surface area contributed by atoms with Crippen LogP contribution in [0.2, 0.25) is 0 Å². The minimum absolute atomic E-state index is 0.368. The number of likely N-dealkylation sites (tertiary alicyclic amines) is 1. The van der Waals surface area contributed by atoms with E-state index in [4.69, 9.17) is 4.74 Å². The molecule has 2 atom stereocenters. The Bertz CT molecular complexity index is 231. The Balaban J connectivity index is 1.60. The fraction of sp³-hybridized carbons (Fsp3) is 1.00. The number of rotatable bonds is 5. The molecule has 2 aliphatic heterocycles. The molecule has 2 unspecified atom stereocenters. The highest BCUT2D eigenvalue weighted by Crippen LogP contribution is 2.09. The van der Waals surface area contributed by atoms with Gasteiger partial charge in [-0.25, -0.2) is 0 Å². The maximum Gasteiger partial charge on any atom is 0.0826 e. The molecule has 18 heavy (non-hydrogen) atoms. The summed E-state index contributed by atoms with van der Waals surface area (Å²) >= 11 is 0. The smallest absolute Gasteiger partial charge is 0.0826 e. The molecule has 2 rings (SSSR count). The molecule has 4 nitrogen and oxygen atoms in total. The molecule has 2 aliphatic rings. The third kappa shape index (κ3) is 4.84. The summed E-state index contributed by atoms with van der Waals surface area (Å²) in [4.78, 5) is 4.94. The van der Waals surface area contributed by atoms with Crippen molar-refractivity contribution >= 4 is 0 Å². The summed E-state index contributed by atoms with van der Waals surface area (Å²) in [6.45, 7) is 10.0. The van der Waals surface area contributed by atoms with E-state index in [0.717, 1.165) is 26.2 Å². The number of nitrogens with one attached hydrogen (secondary N) is 1. The van der Waals surface area contributed by atoms with Gasteiger partial charge in [-0.3, -0.25) is 0 Å². The highest BCUT2D eigenvalue weighted by molar-refractivity contribution is 4.75. The van der Waals surface area contributed by atoms with Gasteiger partial charge in [-0.05, 0) is 39.9 Å². The quantitative estimate of drug-likeness (QED) is 0.786. The first-order valence-electron chi connectivity index (χ1n) is 7.50. The molecule has 1 N–H and O–H groups in total. The van der Waals surface area contributed by atoms with Crippen LogP contribution in [0.25, 0.3) is 0 Å². The van der Waals surface area contributed by atoms with Crippen LogP contribution >= 0.6 is 0 Å². The Kier molecular flexibility index (Phi) is 5.89. The van der Waals surface area contributed by atoms with Gasteiger partial charge in [0, 0.05) is 32.2 Å².